The molecule has 0 amide bonds. The Balaban J connectivity index is 1.68. The molecule has 5 rings (SSSR count). The van der Waals surface area contributed by atoms with Crippen molar-refractivity contribution < 1.29 is 18.3 Å². The molecule has 190 valence electrons. The first-order valence-corrected chi connectivity index (χ1v) is 14.4. The van der Waals surface area contributed by atoms with E-state index in [0.29, 0.717) is 17.4 Å². The van der Waals surface area contributed by atoms with Gasteiger partial charge >= 0.3 is 5.97 Å². The Kier molecular flexibility index (Phi) is 6.12. The number of benzene rings is 2. The second-order valence-corrected chi connectivity index (χ2v) is 12.5. The molecule has 1 aliphatic heterocycles. The lowest BCUT2D eigenvalue weighted by molar-refractivity contribution is -0.141. The maximum absolute atomic E-state index is 12.0. The largest absolute Gasteiger partial charge is 0.481 e. The molecule has 1 N–H and O–H groups in total. The third-order valence-corrected chi connectivity index (χ3v) is 9.11. The van der Waals surface area contributed by atoms with Gasteiger partial charge in [-0.15, -0.1) is 21.5 Å². The maximum Gasteiger partial charge on any atom is 0.308 e. The van der Waals surface area contributed by atoms with Crippen LogP contribution in [0.25, 0.3) is 16.1 Å². The van der Waals surface area contributed by atoms with Crippen molar-refractivity contribution in [2.24, 2.45) is 10.9 Å². The van der Waals surface area contributed by atoms with Crippen LogP contribution in [0.5, 0.6) is 0 Å². The second kappa shape index (κ2) is 9.04. The van der Waals surface area contributed by atoms with Crippen LogP contribution >= 0.6 is 11.3 Å². The van der Waals surface area contributed by atoms with Crippen LogP contribution in [-0.4, -0.2) is 46.2 Å². The molecule has 0 saturated heterocycles. The Hall–Kier alpha value is -3.63. The number of carbonyl (C=O) groups is 1. The molecular weight excluding hydrogens is 508 g/mol. The van der Waals surface area contributed by atoms with Crippen LogP contribution in [0.15, 0.2) is 58.4 Å². The zero-order chi connectivity index (χ0) is 26.6. The topological polar surface area (TPSA) is 115 Å². The molecule has 0 bridgehead atoms. The summed E-state index contributed by atoms with van der Waals surface area (Å²) >= 11 is 1.61. The molecule has 2 aromatic carbocycles. The predicted molar refractivity (Wildman–Crippen MR) is 144 cm³/mol. The van der Waals surface area contributed by atoms with Crippen LogP contribution in [0, 0.1) is 26.7 Å². The van der Waals surface area contributed by atoms with E-state index in [2.05, 4.69) is 17.1 Å². The van der Waals surface area contributed by atoms with Crippen LogP contribution < -0.4 is 0 Å². The third kappa shape index (κ3) is 4.30. The molecule has 1 aliphatic rings. The van der Waals surface area contributed by atoms with Crippen molar-refractivity contribution >= 4 is 32.9 Å². The lowest BCUT2D eigenvalue weighted by Crippen LogP contribution is -2.21. The standard InChI is InChI=1S/C27H26N4O4S2/c1-14-16(3)36-26-22(14)24(28-23(15(2)27(32)33)25-30-29-17(4)31(25)26)19-11-9-18(10-12-19)20-7-6-8-21(13-20)37(5,34)35/h6-13,15,23H,1-5H3,(H,32,33)/t15?,23-/m0/s1. The van der Waals surface area contributed by atoms with Crippen molar-refractivity contribution in [3.8, 4) is 16.1 Å². The average Bonchev–Trinajstić information content (AvgIpc) is 3.33. The number of rotatable bonds is 5. The van der Waals surface area contributed by atoms with Crippen LogP contribution in [0.1, 0.15) is 46.2 Å². The molecule has 2 atom stereocenters. The Labute approximate surface area is 219 Å². The van der Waals surface area contributed by atoms with Crippen molar-refractivity contribution in [3.63, 3.8) is 0 Å². The van der Waals surface area contributed by atoms with Crippen LogP contribution in [0.3, 0.4) is 0 Å². The number of hydrogen-bond acceptors (Lipinski definition) is 7. The van der Waals surface area contributed by atoms with Gasteiger partial charge in [-0.1, -0.05) is 36.4 Å². The smallest absolute Gasteiger partial charge is 0.308 e. The van der Waals surface area contributed by atoms with E-state index in [1.165, 1.54) is 6.26 Å². The summed E-state index contributed by atoms with van der Waals surface area (Å²) in [4.78, 5) is 18.5. The van der Waals surface area contributed by atoms with Crippen molar-refractivity contribution in [1.82, 2.24) is 14.8 Å². The summed E-state index contributed by atoms with van der Waals surface area (Å²) in [5, 5.41) is 19.4. The van der Waals surface area contributed by atoms with Gasteiger partial charge in [-0.3, -0.25) is 14.4 Å². The first-order chi connectivity index (χ1) is 17.5. The molecule has 0 fully saturated rings. The molecular formula is C27H26N4O4S2. The fourth-order valence-electron chi connectivity index (χ4n) is 4.54. The molecule has 2 aromatic heterocycles. The number of thiophene rings is 1. The van der Waals surface area contributed by atoms with E-state index in [1.54, 1.807) is 36.5 Å². The van der Waals surface area contributed by atoms with E-state index in [4.69, 9.17) is 4.99 Å². The zero-order valence-electron chi connectivity index (χ0n) is 21.1. The fourth-order valence-corrected chi connectivity index (χ4v) is 6.42. The fraction of sp³-hybridized carbons (Fsp3) is 0.259. The number of aryl methyl sites for hydroxylation is 2. The number of aliphatic carboxylic acids is 1. The summed E-state index contributed by atoms with van der Waals surface area (Å²) in [6.45, 7) is 7.60. The van der Waals surface area contributed by atoms with Gasteiger partial charge in [0.1, 0.15) is 16.9 Å². The van der Waals surface area contributed by atoms with Gasteiger partial charge in [0.05, 0.1) is 16.5 Å². The highest BCUT2D eigenvalue weighted by Crippen LogP contribution is 2.40. The summed E-state index contributed by atoms with van der Waals surface area (Å²) < 4.78 is 26.0. The van der Waals surface area contributed by atoms with Crippen molar-refractivity contribution in [1.29, 1.82) is 0 Å². The quantitative estimate of drug-likeness (QED) is 0.388. The highest BCUT2D eigenvalue weighted by Gasteiger charge is 2.36. The summed E-state index contributed by atoms with van der Waals surface area (Å²) in [5.41, 5.74) is 5.22. The number of fused-ring (bicyclic) bond motifs is 3. The number of aliphatic imine (C=N–C) groups is 1. The van der Waals surface area contributed by atoms with Gasteiger partial charge in [0, 0.05) is 22.3 Å². The Morgan fingerprint density at radius 1 is 1.03 bits per heavy atom. The van der Waals surface area contributed by atoms with Gasteiger partial charge in [0.15, 0.2) is 15.7 Å². The van der Waals surface area contributed by atoms with E-state index < -0.39 is 27.8 Å². The minimum atomic E-state index is -3.32. The van der Waals surface area contributed by atoms with Crippen LogP contribution in [0.4, 0.5) is 0 Å². The third-order valence-electron chi connectivity index (χ3n) is 6.81. The molecule has 0 aliphatic carbocycles. The average molecular weight is 535 g/mol. The molecule has 4 aromatic rings. The minimum absolute atomic E-state index is 0.264. The van der Waals surface area contributed by atoms with Gasteiger partial charge in [-0.2, -0.15) is 0 Å². The number of hydrogen-bond donors (Lipinski definition) is 1. The molecule has 0 spiro atoms. The molecule has 8 nitrogen and oxygen atoms in total. The molecule has 37 heavy (non-hydrogen) atoms. The predicted octanol–water partition coefficient (Wildman–Crippen LogP) is 4.94. The van der Waals surface area contributed by atoms with Gasteiger partial charge in [0.2, 0.25) is 0 Å². The molecule has 0 radical (unpaired) electrons. The Bertz CT molecular complexity index is 1680. The van der Waals surface area contributed by atoms with E-state index in [1.807, 2.05) is 48.7 Å². The molecule has 3 heterocycles. The van der Waals surface area contributed by atoms with Gasteiger partial charge < -0.3 is 5.11 Å². The molecule has 0 saturated carbocycles. The highest BCUT2D eigenvalue weighted by atomic mass is 32.2. The summed E-state index contributed by atoms with van der Waals surface area (Å²) in [6.07, 6.45) is 1.19. The highest BCUT2D eigenvalue weighted by molar-refractivity contribution is 7.90. The number of nitrogens with zero attached hydrogens (tertiary/aromatic N) is 4. The number of sulfone groups is 1. The Morgan fingerprint density at radius 3 is 2.35 bits per heavy atom. The van der Waals surface area contributed by atoms with Gasteiger partial charge in [0.25, 0.3) is 0 Å². The van der Waals surface area contributed by atoms with Gasteiger partial charge in [-0.25, -0.2) is 8.42 Å². The van der Waals surface area contributed by atoms with Crippen LogP contribution in [0.2, 0.25) is 0 Å². The van der Waals surface area contributed by atoms with E-state index in [-0.39, 0.29) is 4.90 Å². The molecule has 10 heteroatoms. The first kappa shape index (κ1) is 25.0. The number of carboxylic acid groups (broad SMARTS) is 1. The Morgan fingerprint density at radius 2 is 1.70 bits per heavy atom. The van der Waals surface area contributed by atoms with Crippen molar-refractivity contribution in [2.75, 3.05) is 6.26 Å². The lowest BCUT2D eigenvalue weighted by Gasteiger charge is -2.16. The summed E-state index contributed by atoms with van der Waals surface area (Å²) in [7, 11) is -3.32. The van der Waals surface area contributed by atoms with E-state index >= 15 is 0 Å². The van der Waals surface area contributed by atoms with Gasteiger partial charge in [-0.05, 0) is 56.5 Å². The number of carboxylic acids is 1. The van der Waals surface area contributed by atoms with Crippen LogP contribution in [-0.2, 0) is 14.6 Å². The minimum Gasteiger partial charge on any atom is -0.481 e. The second-order valence-electron chi connectivity index (χ2n) is 9.33. The number of aromatic nitrogens is 3. The van der Waals surface area contributed by atoms with E-state index in [0.717, 1.165) is 37.7 Å². The SMILES string of the molecule is Cc1sc2c(c1C)C(c1ccc(-c3cccc(S(C)(=O)=O)c3)cc1)=N[C@@H](C(C)C(=O)O)c1nnc(C)n1-2. The monoisotopic (exact) mass is 534 g/mol. The zero-order valence-corrected chi connectivity index (χ0v) is 22.7. The maximum atomic E-state index is 12.0. The van der Waals surface area contributed by atoms with Crippen molar-refractivity contribution in [2.45, 2.75) is 38.6 Å². The molecule has 1 unspecified atom stereocenters. The summed E-state index contributed by atoms with van der Waals surface area (Å²) in [5.74, 6) is -0.581. The van der Waals surface area contributed by atoms with E-state index in [9.17, 15) is 18.3 Å². The first-order valence-electron chi connectivity index (χ1n) is 11.7. The summed E-state index contributed by atoms with van der Waals surface area (Å²) in [6, 6.07) is 13.9. The van der Waals surface area contributed by atoms with Crippen molar-refractivity contribution in [3.05, 3.63) is 81.7 Å². The normalized spacial score (nSPS) is 15.9. The lowest BCUT2D eigenvalue weighted by atomic mass is 9.96.